The first-order valence-electron chi connectivity index (χ1n) is 6.88. The molecule has 106 valence electrons. The van der Waals surface area contributed by atoms with Crippen molar-refractivity contribution < 1.29 is 9.53 Å². The highest BCUT2D eigenvalue weighted by Gasteiger charge is 2.35. The summed E-state index contributed by atoms with van der Waals surface area (Å²) in [6.45, 7) is 9.31. The Kier molecular flexibility index (Phi) is 6.12. The van der Waals surface area contributed by atoms with E-state index < -0.39 is 0 Å². The summed E-state index contributed by atoms with van der Waals surface area (Å²) in [5.74, 6) is 0.204. The van der Waals surface area contributed by atoms with E-state index in [1.807, 2.05) is 0 Å². The number of hydrogen-bond acceptors (Lipinski definition) is 2. The number of alkyl halides is 1. The summed E-state index contributed by atoms with van der Waals surface area (Å²) < 4.78 is 5.59. The van der Waals surface area contributed by atoms with Crippen LogP contribution in [-0.4, -0.2) is 30.0 Å². The van der Waals surface area contributed by atoms with Crippen molar-refractivity contribution in [3.8, 4) is 0 Å². The first-order chi connectivity index (χ1) is 8.40. The number of ether oxygens (including phenoxy) is 1. The largest absolute Gasteiger partial charge is 0.377 e. The first-order valence-corrected chi connectivity index (χ1v) is 8.00. The van der Waals surface area contributed by atoms with Gasteiger partial charge in [-0.05, 0) is 24.7 Å². The van der Waals surface area contributed by atoms with Crippen LogP contribution in [0.15, 0.2) is 0 Å². The normalized spacial score (nSPS) is 26.1. The van der Waals surface area contributed by atoms with Gasteiger partial charge < -0.3 is 10.1 Å². The minimum atomic E-state index is 0.0372. The van der Waals surface area contributed by atoms with Crippen LogP contribution in [0.3, 0.4) is 0 Å². The lowest BCUT2D eigenvalue weighted by Gasteiger charge is -2.32. The fraction of sp³-hybridized carbons (Fsp3) is 0.929. The molecule has 0 saturated carbocycles. The molecule has 18 heavy (non-hydrogen) atoms. The number of hydrogen-bond donors (Lipinski definition) is 1. The van der Waals surface area contributed by atoms with E-state index in [1.165, 1.54) is 0 Å². The molecule has 3 atom stereocenters. The van der Waals surface area contributed by atoms with E-state index in [0.717, 1.165) is 31.2 Å². The van der Waals surface area contributed by atoms with Crippen LogP contribution in [-0.2, 0) is 9.53 Å². The van der Waals surface area contributed by atoms with Crippen molar-refractivity contribution in [1.29, 1.82) is 0 Å². The fourth-order valence-corrected chi connectivity index (χ4v) is 2.92. The SMILES string of the molecule is CCC1OCCC1C(=O)NC(CCBr)C(C)(C)C. The first kappa shape index (κ1) is 16.0. The van der Waals surface area contributed by atoms with Crippen LogP contribution in [0.4, 0.5) is 0 Å². The summed E-state index contributed by atoms with van der Waals surface area (Å²) in [6, 6.07) is 0.211. The molecule has 0 radical (unpaired) electrons. The highest BCUT2D eigenvalue weighted by atomic mass is 79.9. The molecular weight excluding hydrogens is 294 g/mol. The lowest BCUT2D eigenvalue weighted by Crippen LogP contribution is -2.47. The topological polar surface area (TPSA) is 38.3 Å². The molecule has 1 rings (SSSR count). The van der Waals surface area contributed by atoms with Crippen LogP contribution in [0.1, 0.15) is 47.0 Å². The molecule has 0 aliphatic carbocycles. The minimum Gasteiger partial charge on any atom is -0.377 e. The zero-order valence-electron chi connectivity index (χ0n) is 12.0. The zero-order chi connectivity index (χ0) is 13.8. The molecule has 3 unspecified atom stereocenters. The van der Waals surface area contributed by atoms with Crippen LogP contribution >= 0.6 is 15.9 Å². The second-order valence-electron chi connectivity index (χ2n) is 6.12. The Balaban J connectivity index is 2.61. The number of nitrogens with one attached hydrogen (secondary N) is 1. The Labute approximate surface area is 119 Å². The smallest absolute Gasteiger partial charge is 0.226 e. The molecule has 0 aromatic carbocycles. The Morgan fingerprint density at radius 1 is 1.50 bits per heavy atom. The van der Waals surface area contributed by atoms with Gasteiger partial charge in [-0.2, -0.15) is 0 Å². The van der Waals surface area contributed by atoms with Gasteiger partial charge in [0.25, 0.3) is 0 Å². The van der Waals surface area contributed by atoms with Gasteiger partial charge in [-0.25, -0.2) is 0 Å². The van der Waals surface area contributed by atoms with Gasteiger partial charge in [0.05, 0.1) is 12.0 Å². The van der Waals surface area contributed by atoms with Gasteiger partial charge in [-0.1, -0.05) is 43.6 Å². The Morgan fingerprint density at radius 2 is 2.17 bits per heavy atom. The number of halogens is 1. The summed E-state index contributed by atoms with van der Waals surface area (Å²) in [6.07, 6.45) is 2.83. The third-order valence-electron chi connectivity index (χ3n) is 3.71. The number of carbonyl (C=O) groups is 1. The predicted octanol–water partition coefficient (Wildman–Crippen LogP) is 3.12. The van der Waals surface area contributed by atoms with E-state index in [2.05, 4.69) is 48.9 Å². The maximum absolute atomic E-state index is 12.3. The third kappa shape index (κ3) is 4.23. The Hall–Kier alpha value is -0.0900. The van der Waals surface area contributed by atoms with Gasteiger partial charge in [0.1, 0.15) is 0 Å². The van der Waals surface area contributed by atoms with Crippen LogP contribution in [0.5, 0.6) is 0 Å². The number of amides is 1. The Morgan fingerprint density at radius 3 is 2.67 bits per heavy atom. The molecule has 1 heterocycles. The van der Waals surface area contributed by atoms with Gasteiger partial charge in [0.15, 0.2) is 0 Å². The van der Waals surface area contributed by atoms with E-state index in [9.17, 15) is 4.79 Å². The lowest BCUT2D eigenvalue weighted by atomic mass is 9.84. The van der Waals surface area contributed by atoms with Gasteiger partial charge in [-0.15, -0.1) is 0 Å². The average Bonchev–Trinajstić information content (AvgIpc) is 2.75. The second-order valence-corrected chi connectivity index (χ2v) is 6.91. The van der Waals surface area contributed by atoms with Crippen molar-refractivity contribution in [3.63, 3.8) is 0 Å². The predicted molar refractivity (Wildman–Crippen MR) is 77.9 cm³/mol. The summed E-state index contributed by atoms with van der Waals surface area (Å²) in [5, 5.41) is 4.13. The molecule has 1 amide bonds. The fourth-order valence-electron chi connectivity index (χ4n) is 2.46. The third-order valence-corrected chi connectivity index (χ3v) is 4.17. The molecule has 1 N–H and O–H groups in total. The molecule has 0 bridgehead atoms. The maximum atomic E-state index is 12.3. The molecule has 1 fully saturated rings. The van der Waals surface area contributed by atoms with Crippen molar-refractivity contribution in [2.24, 2.45) is 11.3 Å². The van der Waals surface area contributed by atoms with Gasteiger partial charge in [0.2, 0.25) is 5.91 Å². The van der Waals surface area contributed by atoms with E-state index in [1.54, 1.807) is 0 Å². The average molecular weight is 320 g/mol. The second kappa shape index (κ2) is 6.90. The van der Waals surface area contributed by atoms with Crippen LogP contribution < -0.4 is 5.32 Å². The summed E-state index contributed by atoms with van der Waals surface area (Å²) >= 11 is 3.47. The van der Waals surface area contributed by atoms with Crippen molar-refractivity contribution in [1.82, 2.24) is 5.32 Å². The van der Waals surface area contributed by atoms with E-state index in [4.69, 9.17) is 4.74 Å². The van der Waals surface area contributed by atoms with Crippen molar-refractivity contribution in [2.45, 2.75) is 59.1 Å². The molecule has 0 spiro atoms. The van der Waals surface area contributed by atoms with Crippen LogP contribution in [0, 0.1) is 11.3 Å². The minimum absolute atomic E-state index is 0.0372. The van der Waals surface area contributed by atoms with E-state index in [0.29, 0.717) is 0 Å². The summed E-state index contributed by atoms with van der Waals surface area (Å²) in [5.41, 5.74) is 0.0879. The van der Waals surface area contributed by atoms with Gasteiger partial charge >= 0.3 is 0 Å². The quantitative estimate of drug-likeness (QED) is 0.791. The molecule has 0 aromatic rings. The van der Waals surface area contributed by atoms with Crippen molar-refractivity contribution in [2.75, 3.05) is 11.9 Å². The molecule has 4 heteroatoms. The monoisotopic (exact) mass is 319 g/mol. The maximum Gasteiger partial charge on any atom is 0.226 e. The number of carbonyl (C=O) groups excluding carboxylic acids is 1. The molecular formula is C14H26BrNO2. The van der Waals surface area contributed by atoms with E-state index >= 15 is 0 Å². The van der Waals surface area contributed by atoms with E-state index in [-0.39, 0.29) is 29.4 Å². The molecule has 1 aliphatic rings. The van der Waals surface area contributed by atoms with Gasteiger partial charge in [-0.3, -0.25) is 4.79 Å². The zero-order valence-corrected chi connectivity index (χ0v) is 13.5. The van der Waals surface area contributed by atoms with Gasteiger partial charge in [0, 0.05) is 18.0 Å². The van der Waals surface area contributed by atoms with Crippen molar-refractivity contribution in [3.05, 3.63) is 0 Å². The Bertz CT molecular complexity index is 275. The molecule has 1 saturated heterocycles. The molecule has 0 aromatic heterocycles. The van der Waals surface area contributed by atoms with Crippen LogP contribution in [0.25, 0.3) is 0 Å². The highest BCUT2D eigenvalue weighted by Crippen LogP contribution is 2.26. The standard InChI is InChI=1S/C14H26BrNO2/c1-5-11-10(7-9-18-11)13(17)16-12(6-8-15)14(2,3)4/h10-12H,5-9H2,1-4H3,(H,16,17). The van der Waals surface area contributed by atoms with Crippen LogP contribution in [0.2, 0.25) is 0 Å². The number of rotatable bonds is 5. The molecule has 1 aliphatic heterocycles. The van der Waals surface area contributed by atoms with Crippen molar-refractivity contribution >= 4 is 21.8 Å². The summed E-state index contributed by atoms with van der Waals surface area (Å²) in [7, 11) is 0. The lowest BCUT2D eigenvalue weighted by molar-refractivity contribution is -0.128. The molecule has 3 nitrogen and oxygen atoms in total. The summed E-state index contributed by atoms with van der Waals surface area (Å²) in [4.78, 5) is 12.3. The highest BCUT2D eigenvalue weighted by molar-refractivity contribution is 9.09.